The second-order valence-corrected chi connectivity index (χ2v) is 4.98. The van der Waals surface area contributed by atoms with Gasteiger partial charge in [-0.2, -0.15) is 4.98 Å². The second kappa shape index (κ2) is 5.86. The van der Waals surface area contributed by atoms with Crippen molar-refractivity contribution in [3.63, 3.8) is 0 Å². The molecule has 21 heavy (non-hydrogen) atoms. The predicted octanol–water partition coefficient (Wildman–Crippen LogP) is 0.423. The molecule has 0 fully saturated rings. The number of fused-ring (bicyclic) bond motifs is 1. The van der Waals surface area contributed by atoms with Gasteiger partial charge in [0.25, 0.3) is 17.5 Å². The van der Waals surface area contributed by atoms with Crippen LogP contribution in [-0.2, 0) is 9.53 Å². The highest BCUT2D eigenvalue weighted by molar-refractivity contribution is 5.88. The Morgan fingerprint density at radius 3 is 2.71 bits per heavy atom. The van der Waals surface area contributed by atoms with Crippen molar-refractivity contribution in [2.75, 3.05) is 6.61 Å². The van der Waals surface area contributed by atoms with Gasteiger partial charge in [0, 0.05) is 17.4 Å². The number of rotatable bonds is 4. The first-order chi connectivity index (χ1) is 9.86. The molecule has 0 bridgehead atoms. The van der Waals surface area contributed by atoms with E-state index in [1.807, 2.05) is 33.8 Å². The van der Waals surface area contributed by atoms with Crippen LogP contribution in [0.5, 0.6) is 0 Å². The van der Waals surface area contributed by atoms with Gasteiger partial charge in [-0.3, -0.25) is 4.79 Å². The molecule has 0 saturated heterocycles. The largest absolute Gasteiger partial charge is 0.450 e. The van der Waals surface area contributed by atoms with Crippen molar-refractivity contribution in [2.45, 2.75) is 33.7 Å². The normalized spacial score (nSPS) is 10.9. The molecule has 2 heterocycles. The minimum atomic E-state index is -0.753. The number of carbonyl (C=O) groups excluding carboxylic acids is 2. The average molecular weight is 291 g/mol. The average Bonchev–Trinajstić information content (AvgIpc) is 2.79. The lowest BCUT2D eigenvalue weighted by Gasteiger charge is -2.07. The van der Waals surface area contributed by atoms with Gasteiger partial charge >= 0.3 is 5.97 Å². The Balaban J connectivity index is 2.10. The van der Waals surface area contributed by atoms with Crippen LogP contribution < -0.4 is 5.32 Å². The van der Waals surface area contributed by atoms with Crippen LogP contribution in [0.3, 0.4) is 0 Å². The highest BCUT2D eigenvalue weighted by Gasteiger charge is 2.17. The summed E-state index contributed by atoms with van der Waals surface area (Å²) in [6, 6.07) is 1.81. The van der Waals surface area contributed by atoms with Crippen molar-refractivity contribution in [2.24, 2.45) is 0 Å². The monoisotopic (exact) mass is 291 g/mol. The highest BCUT2D eigenvalue weighted by Crippen LogP contribution is 2.06. The van der Waals surface area contributed by atoms with E-state index in [4.69, 9.17) is 4.74 Å². The van der Waals surface area contributed by atoms with Crippen LogP contribution >= 0.6 is 0 Å². The van der Waals surface area contributed by atoms with Crippen molar-refractivity contribution < 1.29 is 14.3 Å². The van der Waals surface area contributed by atoms with Crippen LogP contribution in [0.2, 0.25) is 0 Å². The predicted molar refractivity (Wildman–Crippen MR) is 73.8 cm³/mol. The number of nitrogens with zero attached hydrogens (tertiary/aromatic N) is 4. The zero-order valence-corrected chi connectivity index (χ0v) is 12.4. The Hall–Kier alpha value is -2.51. The molecule has 0 radical (unpaired) electrons. The minimum Gasteiger partial charge on any atom is -0.450 e. The first kappa shape index (κ1) is 14.9. The van der Waals surface area contributed by atoms with E-state index in [0.717, 1.165) is 11.4 Å². The zero-order chi connectivity index (χ0) is 15.6. The molecule has 0 unspecified atom stereocenters. The molecule has 2 aromatic rings. The summed E-state index contributed by atoms with van der Waals surface area (Å²) in [6.45, 7) is 6.94. The van der Waals surface area contributed by atoms with Crippen molar-refractivity contribution in [3.05, 3.63) is 23.3 Å². The fourth-order valence-corrected chi connectivity index (χ4v) is 1.81. The first-order valence-corrected chi connectivity index (χ1v) is 6.54. The molecule has 0 atom stereocenters. The molecule has 0 aliphatic heterocycles. The van der Waals surface area contributed by atoms with Gasteiger partial charge in [0.1, 0.15) is 0 Å². The van der Waals surface area contributed by atoms with Gasteiger partial charge in [-0.1, -0.05) is 0 Å². The number of aromatic nitrogens is 4. The maximum Gasteiger partial charge on any atom is 0.378 e. The SMILES string of the molecule is Cc1cc(C)n2nc(C(=O)OCC(=O)NC(C)C)nc2n1. The third kappa shape index (κ3) is 3.53. The van der Waals surface area contributed by atoms with Gasteiger partial charge in [0.05, 0.1) is 0 Å². The number of esters is 1. The zero-order valence-electron chi connectivity index (χ0n) is 12.4. The summed E-state index contributed by atoms with van der Waals surface area (Å²) in [6.07, 6.45) is 0. The molecule has 2 rings (SSSR count). The van der Waals surface area contributed by atoms with Crippen LogP contribution in [0.1, 0.15) is 35.9 Å². The first-order valence-electron chi connectivity index (χ1n) is 6.54. The van der Waals surface area contributed by atoms with E-state index in [9.17, 15) is 9.59 Å². The van der Waals surface area contributed by atoms with Crippen molar-refractivity contribution in [1.29, 1.82) is 0 Å². The molecular formula is C13H17N5O3. The molecule has 112 valence electrons. The molecule has 8 heteroatoms. The summed E-state index contributed by atoms with van der Waals surface area (Å²) >= 11 is 0. The summed E-state index contributed by atoms with van der Waals surface area (Å²) in [5.41, 5.74) is 1.59. The highest BCUT2D eigenvalue weighted by atomic mass is 16.5. The van der Waals surface area contributed by atoms with E-state index >= 15 is 0 Å². The second-order valence-electron chi connectivity index (χ2n) is 4.98. The Morgan fingerprint density at radius 2 is 2.05 bits per heavy atom. The van der Waals surface area contributed by atoms with Gasteiger partial charge in [-0.05, 0) is 33.8 Å². The van der Waals surface area contributed by atoms with Gasteiger partial charge < -0.3 is 10.1 Å². The summed E-state index contributed by atoms with van der Waals surface area (Å²) < 4.78 is 6.33. The van der Waals surface area contributed by atoms with E-state index in [-0.39, 0.29) is 24.4 Å². The van der Waals surface area contributed by atoms with Crippen molar-refractivity contribution in [3.8, 4) is 0 Å². The lowest BCUT2D eigenvalue weighted by atomic mass is 10.4. The van der Waals surface area contributed by atoms with E-state index in [2.05, 4.69) is 20.4 Å². The molecule has 0 aliphatic carbocycles. The van der Waals surface area contributed by atoms with Gasteiger partial charge in [0.15, 0.2) is 6.61 Å². The molecule has 0 aliphatic rings. The summed E-state index contributed by atoms with van der Waals surface area (Å²) in [5, 5.41) is 6.65. The minimum absolute atomic E-state index is 0.0145. The maximum absolute atomic E-state index is 11.8. The van der Waals surface area contributed by atoms with E-state index in [0.29, 0.717) is 5.78 Å². The van der Waals surface area contributed by atoms with E-state index in [1.54, 1.807) is 0 Å². The summed E-state index contributed by atoms with van der Waals surface area (Å²) in [4.78, 5) is 31.4. The van der Waals surface area contributed by atoms with E-state index < -0.39 is 5.97 Å². The number of hydrogen-bond acceptors (Lipinski definition) is 6. The van der Waals surface area contributed by atoms with Crippen LogP contribution in [0, 0.1) is 13.8 Å². The van der Waals surface area contributed by atoms with Crippen LogP contribution in [0.4, 0.5) is 0 Å². The maximum atomic E-state index is 11.8. The Kier molecular flexibility index (Phi) is 4.15. The standard InChI is InChI=1S/C13H17N5O3/c1-7(2)14-10(19)6-21-12(20)11-16-13-15-8(3)5-9(4)18(13)17-11/h5,7H,6H2,1-4H3,(H,14,19). The molecule has 0 aromatic carbocycles. The lowest BCUT2D eigenvalue weighted by molar-refractivity contribution is -0.124. The van der Waals surface area contributed by atoms with Crippen molar-refractivity contribution >= 4 is 17.7 Å². The Bertz CT molecular complexity index is 692. The number of nitrogens with one attached hydrogen (secondary N) is 1. The smallest absolute Gasteiger partial charge is 0.378 e. The Morgan fingerprint density at radius 1 is 1.33 bits per heavy atom. The summed E-state index contributed by atoms with van der Waals surface area (Å²) in [5.74, 6) is -0.914. The fraction of sp³-hybridized carbons (Fsp3) is 0.462. The number of aryl methyl sites for hydroxylation is 2. The van der Waals surface area contributed by atoms with Crippen LogP contribution in [0.25, 0.3) is 5.78 Å². The topological polar surface area (TPSA) is 98.5 Å². The molecule has 1 N–H and O–H groups in total. The quantitative estimate of drug-likeness (QED) is 0.820. The fourth-order valence-electron chi connectivity index (χ4n) is 1.81. The number of ether oxygens (including phenoxy) is 1. The lowest BCUT2D eigenvalue weighted by Crippen LogP contribution is -2.34. The van der Waals surface area contributed by atoms with Crippen LogP contribution in [-0.4, -0.2) is 44.1 Å². The molecule has 1 amide bonds. The molecule has 0 saturated carbocycles. The third-order valence-corrected chi connectivity index (χ3v) is 2.58. The van der Waals surface area contributed by atoms with E-state index in [1.165, 1.54) is 4.52 Å². The number of hydrogen-bond donors (Lipinski definition) is 1. The van der Waals surface area contributed by atoms with Crippen LogP contribution in [0.15, 0.2) is 6.07 Å². The number of carbonyl (C=O) groups is 2. The van der Waals surface area contributed by atoms with Gasteiger partial charge in [0.2, 0.25) is 0 Å². The molecular weight excluding hydrogens is 274 g/mol. The molecule has 8 nitrogen and oxygen atoms in total. The molecule has 0 spiro atoms. The van der Waals surface area contributed by atoms with Gasteiger partial charge in [-0.25, -0.2) is 14.3 Å². The molecule has 2 aromatic heterocycles. The summed E-state index contributed by atoms with van der Waals surface area (Å²) in [7, 11) is 0. The number of amides is 1. The van der Waals surface area contributed by atoms with Crippen molar-refractivity contribution in [1.82, 2.24) is 24.9 Å². The Labute approximate surface area is 121 Å². The third-order valence-electron chi connectivity index (χ3n) is 2.58. The van der Waals surface area contributed by atoms with Gasteiger partial charge in [-0.15, -0.1) is 5.10 Å².